The maximum absolute atomic E-state index is 12.3. The van der Waals surface area contributed by atoms with E-state index in [4.69, 9.17) is 0 Å². The summed E-state index contributed by atoms with van der Waals surface area (Å²) in [6, 6.07) is -0.150. The molecule has 0 aromatic rings. The Balaban J connectivity index is 1.96. The first-order valence-corrected chi connectivity index (χ1v) is 8.43. The minimum Gasteiger partial charge on any atom is -0.324 e. The lowest BCUT2D eigenvalue weighted by atomic mass is 10.0. The first-order chi connectivity index (χ1) is 8.39. The van der Waals surface area contributed by atoms with Gasteiger partial charge in [0.25, 0.3) is 0 Å². The normalized spacial score (nSPS) is 31.3. The third-order valence-electron chi connectivity index (χ3n) is 3.99. The van der Waals surface area contributed by atoms with Crippen molar-refractivity contribution < 1.29 is 13.2 Å². The van der Waals surface area contributed by atoms with Gasteiger partial charge in [-0.25, -0.2) is 13.2 Å². The van der Waals surface area contributed by atoms with E-state index in [2.05, 4.69) is 6.92 Å². The highest BCUT2D eigenvalue weighted by Crippen LogP contribution is 2.21. The minimum atomic E-state index is -2.93. The third kappa shape index (κ3) is 2.96. The molecule has 0 aromatic carbocycles. The second kappa shape index (κ2) is 5.07. The molecule has 0 saturated carbocycles. The van der Waals surface area contributed by atoms with Crippen molar-refractivity contribution in [3.05, 3.63) is 0 Å². The van der Waals surface area contributed by atoms with Gasteiger partial charge in [0, 0.05) is 26.2 Å². The van der Waals surface area contributed by atoms with E-state index in [1.165, 1.54) is 6.42 Å². The van der Waals surface area contributed by atoms with Crippen LogP contribution in [-0.4, -0.2) is 61.9 Å². The fraction of sp³-hybridized carbons (Fsp3) is 0.917. The number of carbonyl (C=O) groups is 1. The van der Waals surface area contributed by atoms with Crippen LogP contribution in [0.25, 0.3) is 0 Å². The summed E-state index contributed by atoms with van der Waals surface area (Å²) in [4.78, 5) is 15.8. The molecule has 5 nitrogen and oxygen atoms in total. The summed E-state index contributed by atoms with van der Waals surface area (Å²) < 4.78 is 22.9. The Bertz CT molecular complexity index is 421. The van der Waals surface area contributed by atoms with Gasteiger partial charge in [-0.1, -0.05) is 6.92 Å². The standard InChI is InChI=1S/C12H22N2O3S/c1-10-4-3-6-14(8-10)12(15)13(2)11-5-7-18(16,17)9-11/h10-11H,3-9H2,1-2H3. The van der Waals surface area contributed by atoms with Crippen LogP contribution >= 0.6 is 0 Å². The number of amides is 2. The number of rotatable bonds is 1. The number of sulfone groups is 1. The van der Waals surface area contributed by atoms with Gasteiger partial charge in [-0.05, 0) is 25.2 Å². The van der Waals surface area contributed by atoms with Gasteiger partial charge in [-0.2, -0.15) is 0 Å². The molecule has 0 aliphatic carbocycles. The lowest BCUT2D eigenvalue weighted by Gasteiger charge is -2.35. The summed E-state index contributed by atoms with van der Waals surface area (Å²) in [5, 5.41) is 0. The monoisotopic (exact) mass is 274 g/mol. The molecule has 0 radical (unpaired) electrons. The number of hydrogen-bond acceptors (Lipinski definition) is 3. The molecule has 104 valence electrons. The highest BCUT2D eigenvalue weighted by molar-refractivity contribution is 7.91. The molecule has 18 heavy (non-hydrogen) atoms. The van der Waals surface area contributed by atoms with E-state index >= 15 is 0 Å². The van der Waals surface area contributed by atoms with E-state index in [0.29, 0.717) is 12.3 Å². The predicted octanol–water partition coefficient (Wildman–Crippen LogP) is 0.957. The molecule has 2 aliphatic rings. The minimum absolute atomic E-state index is 0.0105. The molecular formula is C12H22N2O3S. The summed E-state index contributed by atoms with van der Waals surface area (Å²) in [5.41, 5.74) is 0. The number of urea groups is 1. The van der Waals surface area contributed by atoms with Crippen LogP contribution in [0.3, 0.4) is 0 Å². The summed E-state index contributed by atoms with van der Waals surface area (Å²) in [6.45, 7) is 3.75. The highest BCUT2D eigenvalue weighted by atomic mass is 32.2. The van der Waals surface area contributed by atoms with Gasteiger partial charge in [-0.15, -0.1) is 0 Å². The number of hydrogen-bond donors (Lipinski definition) is 0. The van der Waals surface area contributed by atoms with Crippen molar-refractivity contribution in [2.45, 2.75) is 32.2 Å². The Labute approximate surface area is 109 Å². The molecule has 2 atom stereocenters. The van der Waals surface area contributed by atoms with E-state index in [1.807, 2.05) is 4.90 Å². The van der Waals surface area contributed by atoms with Gasteiger partial charge < -0.3 is 9.80 Å². The molecule has 2 amide bonds. The number of carbonyl (C=O) groups excluding carboxylic acids is 1. The lowest BCUT2D eigenvalue weighted by molar-refractivity contribution is 0.129. The quantitative estimate of drug-likeness (QED) is 0.715. The molecule has 0 bridgehead atoms. The second-order valence-corrected chi connectivity index (χ2v) is 7.87. The third-order valence-corrected chi connectivity index (χ3v) is 5.74. The van der Waals surface area contributed by atoms with Gasteiger partial charge in [0.15, 0.2) is 9.84 Å². The maximum Gasteiger partial charge on any atom is 0.320 e. The molecule has 2 rings (SSSR count). The Kier molecular flexibility index (Phi) is 3.84. The molecule has 2 heterocycles. The molecule has 2 aliphatic heterocycles. The van der Waals surface area contributed by atoms with Crippen LogP contribution in [0.4, 0.5) is 4.79 Å². The molecule has 6 heteroatoms. The van der Waals surface area contributed by atoms with Crippen LogP contribution < -0.4 is 0 Å². The summed E-state index contributed by atoms with van der Waals surface area (Å²) >= 11 is 0. The average Bonchev–Trinajstić information content (AvgIpc) is 2.68. The Hall–Kier alpha value is -0.780. The number of likely N-dealkylation sites (tertiary alicyclic amines) is 1. The average molecular weight is 274 g/mol. The largest absolute Gasteiger partial charge is 0.324 e. The van der Waals surface area contributed by atoms with Crippen molar-refractivity contribution in [2.75, 3.05) is 31.6 Å². The Morgan fingerprint density at radius 3 is 2.61 bits per heavy atom. The molecule has 0 N–H and O–H groups in total. The van der Waals surface area contributed by atoms with Crippen molar-refractivity contribution in [1.29, 1.82) is 0 Å². The first kappa shape index (κ1) is 13.6. The summed E-state index contributed by atoms with van der Waals surface area (Å²) in [7, 11) is -1.20. The fourth-order valence-electron chi connectivity index (χ4n) is 2.82. The Morgan fingerprint density at radius 1 is 1.33 bits per heavy atom. The molecule has 0 spiro atoms. The second-order valence-electron chi connectivity index (χ2n) is 5.64. The van der Waals surface area contributed by atoms with Crippen molar-refractivity contribution in [3.8, 4) is 0 Å². The van der Waals surface area contributed by atoms with Crippen LogP contribution in [0.1, 0.15) is 26.2 Å². The topological polar surface area (TPSA) is 57.7 Å². The van der Waals surface area contributed by atoms with Crippen LogP contribution in [0.15, 0.2) is 0 Å². The molecular weight excluding hydrogens is 252 g/mol. The zero-order chi connectivity index (χ0) is 13.3. The molecule has 2 fully saturated rings. The van der Waals surface area contributed by atoms with Crippen LogP contribution in [0.5, 0.6) is 0 Å². The summed E-state index contributed by atoms with van der Waals surface area (Å²) in [6.07, 6.45) is 2.79. The van der Waals surface area contributed by atoms with Crippen molar-refractivity contribution in [2.24, 2.45) is 5.92 Å². The van der Waals surface area contributed by atoms with Crippen LogP contribution in [0.2, 0.25) is 0 Å². The van der Waals surface area contributed by atoms with Gasteiger partial charge in [0.1, 0.15) is 0 Å². The van der Waals surface area contributed by atoms with Gasteiger partial charge in [0.05, 0.1) is 11.5 Å². The van der Waals surface area contributed by atoms with E-state index < -0.39 is 9.84 Å². The summed E-state index contributed by atoms with van der Waals surface area (Å²) in [5.74, 6) is 0.882. The number of nitrogens with zero attached hydrogens (tertiary/aromatic N) is 2. The van der Waals surface area contributed by atoms with Crippen molar-refractivity contribution >= 4 is 15.9 Å². The zero-order valence-electron chi connectivity index (χ0n) is 11.1. The zero-order valence-corrected chi connectivity index (χ0v) is 11.9. The van der Waals surface area contributed by atoms with Crippen LogP contribution in [-0.2, 0) is 9.84 Å². The molecule has 2 unspecified atom stereocenters. The fourth-order valence-corrected chi connectivity index (χ4v) is 4.60. The van der Waals surface area contributed by atoms with E-state index in [0.717, 1.165) is 19.5 Å². The predicted molar refractivity (Wildman–Crippen MR) is 70.2 cm³/mol. The van der Waals surface area contributed by atoms with Crippen LogP contribution in [0, 0.1) is 5.92 Å². The first-order valence-electron chi connectivity index (χ1n) is 6.61. The SMILES string of the molecule is CC1CCCN(C(=O)N(C)C2CCS(=O)(=O)C2)C1. The van der Waals surface area contributed by atoms with Gasteiger partial charge in [-0.3, -0.25) is 0 Å². The highest BCUT2D eigenvalue weighted by Gasteiger charge is 2.34. The van der Waals surface area contributed by atoms with Gasteiger partial charge >= 0.3 is 6.03 Å². The van der Waals surface area contributed by atoms with Crippen molar-refractivity contribution in [1.82, 2.24) is 9.80 Å². The lowest BCUT2D eigenvalue weighted by Crippen LogP contribution is -2.49. The van der Waals surface area contributed by atoms with Crippen molar-refractivity contribution in [3.63, 3.8) is 0 Å². The number of piperidine rings is 1. The Morgan fingerprint density at radius 2 is 2.06 bits per heavy atom. The van der Waals surface area contributed by atoms with E-state index in [9.17, 15) is 13.2 Å². The van der Waals surface area contributed by atoms with Gasteiger partial charge in [0.2, 0.25) is 0 Å². The van der Waals surface area contributed by atoms with E-state index in [-0.39, 0.29) is 23.6 Å². The smallest absolute Gasteiger partial charge is 0.320 e. The van der Waals surface area contributed by atoms with E-state index in [1.54, 1.807) is 11.9 Å². The maximum atomic E-state index is 12.3. The molecule has 2 saturated heterocycles. The molecule has 0 aromatic heterocycles.